The van der Waals surface area contributed by atoms with E-state index in [1.165, 1.54) is 38.5 Å². The molecule has 1 spiro atoms. The van der Waals surface area contributed by atoms with E-state index in [0.29, 0.717) is 5.91 Å². The van der Waals surface area contributed by atoms with E-state index in [0.717, 1.165) is 13.0 Å². The van der Waals surface area contributed by atoms with Gasteiger partial charge in [-0.25, -0.2) is 0 Å². The second-order valence-corrected chi connectivity index (χ2v) is 6.01. The molecule has 2 rings (SSSR count). The maximum atomic E-state index is 12.2. The van der Waals surface area contributed by atoms with Gasteiger partial charge in [-0.05, 0) is 32.1 Å². The van der Waals surface area contributed by atoms with Crippen LogP contribution in [0.15, 0.2) is 0 Å². The Hall–Kier alpha value is -0.0500. The monoisotopic (exact) mass is 273 g/mol. The fourth-order valence-corrected chi connectivity index (χ4v) is 3.43. The molecule has 1 heterocycles. The van der Waals surface area contributed by atoms with Crippen LogP contribution in [0.3, 0.4) is 0 Å². The molecular weight excluding hydrogens is 254 g/mol. The van der Waals surface area contributed by atoms with Crippen molar-refractivity contribution in [3.05, 3.63) is 0 Å². The highest BCUT2D eigenvalue weighted by Crippen LogP contribution is 2.43. The molecular formula is C12H20BrNO. The van der Waals surface area contributed by atoms with Crippen molar-refractivity contribution in [1.29, 1.82) is 0 Å². The van der Waals surface area contributed by atoms with E-state index >= 15 is 0 Å². The molecule has 1 aliphatic carbocycles. The van der Waals surface area contributed by atoms with E-state index in [2.05, 4.69) is 27.8 Å². The van der Waals surface area contributed by atoms with Crippen molar-refractivity contribution in [2.75, 3.05) is 6.54 Å². The van der Waals surface area contributed by atoms with Gasteiger partial charge in [0.15, 0.2) is 0 Å². The van der Waals surface area contributed by atoms with E-state index in [1.807, 2.05) is 0 Å². The van der Waals surface area contributed by atoms with Gasteiger partial charge in [-0.2, -0.15) is 0 Å². The van der Waals surface area contributed by atoms with Crippen molar-refractivity contribution in [3.63, 3.8) is 0 Å². The molecule has 1 amide bonds. The van der Waals surface area contributed by atoms with Crippen LogP contribution >= 0.6 is 15.9 Å². The minimum atomic E-state index is 0.0353. The summed E-state index contributed by atoms with van der Waals surface area (Å²) < 4.78 is 0. The zero-order valence-electron chi connectivity index (χ0n) is 9.47. The number of carbonyl (C=O) groups excluding carboxylic acids is 1. The summed E-state index contributed by atoms with van der Waals surface area (Å²) in [4.78, 5) is 14.4. The van der Waals surface area contributed by atoms with Crippen LogP contribution in [0.4, 0.5) is 0 Å². The van der Waals surface area contributed by atoms with Crippen LogP contribution in [0.25, 0.3) is 0 Å². The molecule has 1 saturated heterocycles. The van der Waals surface area contributed by atoms with Gasteiger partial charge >= 0.3 is 0 Å². The summed E-state index contributed by atoms with van der Waals surface area (Å²) in [7, 11) is 0. The number of likely N-dealkylation sites (tertiary alicyclic amines) is 1. The number of nitrogens with zero attached hydrogens (tertiary/aromatic N) is 1. The van der Waals surface area contributed by atoms with Crippen LogP contribution in [-0.2, 0) is 4.79 Å². The topological polar surface area (TPSA) is 20.3 Å². The average molecular weight is 274 g/mol. The van der Waals surface area contributed by atoms with Crippen molar-refractivity contribution < 1.29 is 4.79 Å². The molecule has 0 bridgehead atoms. The summed E-state index contributed by atoms with van der Waals surface area (Å²) in [5, 5.41) is 0. The molecule has 1 unspecified atom stereocenters. The summed E-state index contributed by atoms with van der Waals surface area (Å²) in [5.41, 5.74) is 0.262. The molecule has 86 valence electrons. The number of halogens is 1. The number of carbonyl (C=O) groups is 1. The summed E-state index contributed by atoms with van der Waals surface area (Å²) in [6, 6.07) is 0. The molecule has 1 saturated carbocycles. The molecule has 0 aromatic rings. The minimum absolute atomic E-state index is 0.0353. The van der Waals surface area contributed by atoms with E-state index in [1.54, 1.807) is 0 Å². The lowest BCUT2D eigenvalue weighted by Gasteiger charge is -2.36. The van der Waals surface area contributed by atoms with Crippen molar-refractivity contribution in [1.82, 2.24) is 4.90 Å². The third kappa shape index (κ3) is 1.95. The number of hydrogen-bond donors (Lipinski definition) is 0. The van der Waals surface area contributed by atoms with Gasteiger partial charge in [-0.1, -0.05) is 35.7 Å². The lowest BCUT2D eigenvalue weighted by molar-refractivity contribution is -0.134. The van der Waals surface area contributed by atoms with Gasteiger partial charge < -0.3 is 4.90 Å². The van der Waals surface area contributed by atoms with Crippen LogP contribution in [-0.4, -0.2) is 27.7 Å². The first-order valence-corrected chi connectivity index (χ1v) is 7.07. The summed E-state index contributed by atoms with van der Waals surface area (Å²) in [6.07, 6.45) is 8.43. The Morgan fingerprint density at radius 3 is 2.53 bits per heavy atom. The first kappa shape index (κ1) is 11.4. The summed E-state index contributed by atoms with van der Waals surface area (Å²) in [5.74, 6) is 0.330. The maximum absolute atomic E-state index is 12.2. The third-order valence-corrected chi connectivity index (χ3v) is 5.06. The normalized spacial score (nSPS) is 26.1. The number of rotatable bonds is 2. The molecule has 0 N–H and O–H groups in total. The van der Waals surface area contributed by atoms with Crippen LogP contribution in [0.1, 0.15) is 51.9 Å². The molecule has 0 radical (unpaired) electrons. The zero-order chi connectivity index (χ0) is 10.9. The van der Waals surface area contributed by atoms with Gasteiger partial charge in [-0.3, -0.25) is 4.79 Å². The molecule has 2 aliphatic rings. The predicted octanol–water partition coefficient (Wildman–Crippen LogP) is 3.10. The minimum Gasteiger partial charge on any atom is -0.336 e. The molecule has 0 aromatic carbocycles. The Morgan fingerprint density at radius 1 is 1.33 bits per heavy atom. The highest BCUT2D eigenvalue weighted by Gasteiger charge is 2.45. The van der Waals surface area contributed by atoms with Crippen LogP contribution in [0.5, 0.6) is 0 Å². The van der Waals surface area contributed by atoms with Crippen molar-refractivity contribution >= 4 is 21.8 Å². The van der Waals surface area contributed by atoms with Gasteiger partial charge in [0.05, 0.1) is 4.83 Å². The van der Waals surface area contributed by atoms with E-state index < -0.39 is 0 Å². The second kappa shape index (κ2) is 4.44. The Kier molecular flexibility index (Phi) is 3.39. The van der Waals surface area contributed by atoms with Gasteiger partial charge in [-0.15, -0.1) is 0 Å². The molecule has 1 aliphatic heterocycles. The molecule has 2 fully saturated rings. The number of hydrogen-bond acceptors (Lipinski definition) is 1. The number of amides is 1. The third-order valence-electron chi connectivity index (χ3n) is 4.02. The Labute approximate surface area is 101 Å². The average Bonchev–Trinajstić information content (AvgIpc) is 2.87. The number of alkyl halides is 1. The summed E-state index contributed by atoms with van der Waals surface area (Å²) >= 11 is 3.49. The first-order valence-electron chi connectivity index (χ1n) is 6.15. The Balaban J connectivity index is 2.10. The standard InChI is InChI=1S/C12H20BrNO/c1-2-10(13)11(15)14-9-5-8-12(14)6-3-4-7-12/h10H,2-9H2,1H3. The molecule has 1 atom stereocenters. The second-order valence-electron chi connectivity index (χ2n) is 4.90. The quantitative estimate of drug-likeness (QED) is 0.708. The predicted molar refractivity (Wildman–Crippen MR) is 65.2 cm³/mol. The van der Waals surface area contributed by atoms with Crippen LogP contribution in [0.2, 0.25) is 0 Å². The van der Waals surface area contributed by atoms with Gasteiger partial charge in [0.1, 0.15) is 0 Å². The highest BCUT2D eigenvalue weighted by molar-refractivity contribution is 9.10. The summed E-state index contributed by atoms with van der Waals surface area (Å²) in [6.45, 7) is 3.05. The molecule has 0 aromatic heterocycles. The molecule has 2 nitrogen and oxygen atoms in total. The van der Waals surface area contributed by atoms with Gasteiger partial charge in [0, 0.05) is 12.1 Å². The zero-order valence-corrected chi connectivity index (χ0v) is 11.1. The van der Waals surface area contributed by atoms with Gasteiger partial charge in [0.25, 0.3) is 0 Å². The largest absolute Gasteiger partial charge is 0.336 e. The molecule has 15 heavy (non-hydrogen) atoms. The van der Waals surface area contributed by atoms with Crippen LogP contribution < -0.4 is 0 Å². The fraction of sp³-hybridized carbons (Fsp3) is 0.917. The lowest BCUT2D eigenvalue weighted by Crippen LogP contribution is -2.48. The molecule has 3 heteroatoms. The van der Waals surface area contributed by atoms with E-state index in [4.69, 9.17) is 0 Å². The lowest BCUT2D eigenvalue weighted by atomic mass is 9.94. The SMILES string of the molecule is CCC(Br)C(=O)N1CCCC12CCCC2. The van der Waals surface area contributed by atoms with Crippen LogP contribution in [0, 0.1) is 0 Å². The van der Waals surface area contributed by atoms with Crippen molar-refractivity contribution in [2.24, 2.45) is 0 Å². The van der Waals surface area contributed by atoms with E-state index in [-0.39, 0.29) is 10.4 Å². The highest BCUT2D eigenvalue weighted by atomic mass is 79.9. The van der Waals surface area contributed by atoms with E-state index in [9.17, 15) is 4.79 Å². The van der Waals surface area contributed by atoms with Gasteiger partial charge in [0.2, 0.25) is 5.91 Å². The maximum Gasteiger partial charge on any atom is 0.236 e. The Morgan fingerprint density at radius 2 is 1.93 bits per heavy atom. The van der Waals surface area contributed by atoms with Crippen molar-refractivity contribution in [2.45, 2.75) is 62.2 Å². The fourth-order valence-electron chi connectivity index (χ4n) is 3.18. The Bertz CT molecular complexity index is 242. The first-order chi connectivity index (χ1) is 7.19. The smallest absolute Gasteiger partial charge is 0.236 e. The van der Waals surface area contributed by atoms with Crippen molar-refractivity contribution in [3.8, 4) is 0 Å².